The number of hydrogen-bond donors (Lipinski definition) is 1. The first-order valence-corrected chi connectivity index (χ1v) is 5.71. The molecule has 0 amide bonds. The fraction of sp³-hybridized carbons (Fsp3) is 0.154. The van der Waals surface area contributed by atoms with Crippen LogP contribution in [0.25, 0.3) is 0 Å². The number of aromatic nitrogens is 2. The molecule has 20 heavy (non-hydrogen) atoms. The maximum Gasteiger partial charge on any atom is 0.328 e. The summed E-state index contributed by atoms with van der Waals surface area (Å²) >= 11 is 0. The molecule has 1 aromatic heterocycles. The molecule has 0 radical (unpaired) electrons. The minimum atomic E-state index is -0.546. The lowest BCUT2D eigenvalue weighted by molar-refractivity contribution is -0.145. The van der Waals surface area contributed by atoms with Gasteiger partial charge in [-0.05, 0) is 29.8 Å². The zero-order valence-electron chi connectivity index (χ0n) is 10.4. The van der Waals surface area contributed by atoms with Gasteiger partial charge in [0.2, 0.25) is 0 Å². The fourth-order valence-electron chi connectivity index (χ4n) is 1.61. The first-order chi connectivity index (χ1) is 9.56. The molecular weight excluding hydrogens is 263 g/mol. The second kappa shape index (κ2) is 5.84. The van der Waals surface area contributed by atoms with Crippen molar-refractivity contribution in [2.24, 2.45) is 0 Å². The highest BCUT2D eigenvalue weighted by atomic mass is 19.1. The summed E-state index contributed by atoms with van der Waals surface area (Å²) in [5.74, 6) is -0.771. The molecule has 0 aliphatic carbocycles. The predicted octanol–water partition coefficient (Wildman–Crippen LogP) is 1.22. The molecule has 2 rings (SSSR count). The van der Waals surface area contributed by atoms with E-state index in [-0.39, 0.29) is 18.7 Å². The first kappa shape index (κ1) is 13.5. The average Bonchev–Trinajstić information content (AvgIpc) is 2.81. The molecule has 0 bridgehead atoms. The van der Waals surface area contributed by atoms with Crippen LogP contribution in [0, 0.1) is 17.1 Å². The third kappa shape index (κ3) is 3.55. The van der Waals surface area contributed by atoms with Crippen LogP contribution < -0.4 is 5.73 Å². The molecule has 0 aliphatic heterocycles. The van der Waals surface area contributed by atoms with Gasteiger partial charge in [0.25, 0.3) is 0 Å². The zero-order valence-corrected chi connectivity index (χ0v) is 10.4. The molecule has 0 unspecified atom stereocenters. The van der Waals surface area contributed by atoms with Crippen LogP contribution in [0.2, 0.25) is 0 Å². The van der Waals surface area contributed by atoms with Crippen LogP contribution >= 0.6 is 0 Å². The monoisotopic (exact) mass is 274 g/mol. The lowest BCUT2D eigenvalue weighted by Crippen LogP contribution is -2.14. The van der Waals surface area contributed by atoms with Gasteiger partial charge in [-0.15, -0.1) is 0 Å². The van der Waals surface area contributed by atoms with Crippen LogP contribution in [-0.2, 0) is 22.7 Å². The molecule has 1 aromatic carbocycles. The van der Waals surface area contributed by atoms with Gasteiger partial charge in [-0.3, -0.25) is 9.48 Å². The molecule has 6 nitrogen and oxygen atoms in total. The van der Waals surface area contributed by atoms with E-state index in [1.54, 1.807) is 12.3 Å². The number of hydrogen-bond acceptors (Lipinski definition) is 5. The van der Waals surface area contributed by atoms with Crippen LogP contribution in [0.15, 0.2) is 30.5 Å². The summed E-state index contributed by atoms with van der Waals surface area (Å²) in [7, 11) is 0. The van der Waals surface area contributed by atoms with Gasteiger partial charge in [0.1, 0.15) is 24.8 Å². The van der Waals surface area contributed by atoms with Crippen LogP contribution in [0.4, 0.5) is 10.2 Å². The Labute approximate surface area is 114 Å². The SMILES string of the molecule is N#Cc1cc(F)cc(COC(=O)Cn2ccc(N)n2)c1. The number of nitrogens with two attached hydrogens (primary N) is 1. The van der Waals surface area contributed by atoms with E-state index in [1.807, 2.05) is 6.07 Å². The van der Waals surface area contributed by atoms with E-state index in [0.29, 0.717) is 11.4 Å². The smallest absolute Gasteiger partial charge is 0.328 e. The lowest BCUT2D eigenvalue weighted by atomic mass is 10.1. The summed E-state index contributed by atoms with van der Waals surface area (Å²) in [6.45, 7) is -0.195. The molecule has 0 aliphatic rings. The van der Waals surface area contributed by atoms with Crippen molar-refractivity contribution in [3.05, 3.63) is 47.4 Å². The highest BCUT2D eigenvalue weighted by Gasteiger charge is 2.07. The molecule has 2 N–H and O–H groups in total. The molecule has 1 heterocycles. The van der Waals surface area contributed by atoms with Crippen LogP contribution in [0.3, 0.4) is 0 Å². The van der Waals surface area contributed by atoms with Crippen molar-refractivity contribution < 1.29 is 13.9 Å². The van der Waals surface area contributed by atoms with Gasteiger partial charge in [-0.2, -0.15) is 10.4 Å². The number of nitriles is 1. The second-order valence-corrected chi connectivity index (χ2v) is 4.06. The van der Waals surface area contributed by atoms with Crippen molar-refractivity contribution in [1.29, 1.82) is 5.26 Å². The molecule has 2 aromatic rings. The van der Waals surface area contributed by atoms with E-state index < -0.39 is 11.8 Å². The highest BCUT2D eigenvalue weighted by molar-refractivity contribution is 5.69. The minimum Gasteiger partial charge on any atom is -0.459 e. The third-order valence-corrected chi connectivity index (χ3v) is 2.44. The van der Waals surface area contributed by atoms with Gasteiger partial charge in [0.05, 0.1) is 11.6 Å². The van der Waals surface area contributed by atoms with E-state index in [0.717, 1.165) is 6.07 Å². The number of rotatable bonds is 4. The summed E-state index contributed by atoms with van der Waals surface area (Å²) in [5, 5.41) is 12.6. The molecule has 0 fully saturated rings. The minimum absolute atomic E-state index is 0.0857. The van der Waals surface area contributed by atoms with Crippen molar-refractivity contribution in [3.8, 4) is 6.07 Å². The van der Waals surface area contributed by atoms with Crippen molar-refractivity contribution in [1.82, 2.24) is 9.78 Å². The summed E-state index contributed by atoms with van der Waals surface area (Å²) in [6.07, 6.45) is 1.55. The normalized spacial score (nSPS) is 10.0. The Hall–Kier alpha value is -2.88. The number of benzene rings is 1. The molecule has 0 atom stereocenters. The van der Waals surface area contributed by atoms with Gasteiger partial charge < -0.3 is 10.5 Å². The standard InChI is InChI=1S/C13H11FN4O2/c14-11-4-9(6-15)3-10(5-11)8-20-13(19)7-18-2-1-12(16)17-18/h1-5H,7-8H2,(H2,16,17). The largest absolute Gasteiger partial charge is 0.459 e. The number of carbonyl (C=O) groups is 1. The quantitative estimate of drug-likeness (QED) is 0.846. The van der Waals surface area contributed by atoms with E-state index in [4.69, 9.17) is 15.7 Å². The zero-order chi connectivity index (χ0) is 14.5. The fourth-order valence-corrected chi connectivity index (χ4v) is 1.61. The van der Waals surface area contributed by atoms with E-state index in [1.165, 1.54) is 16.8 Å². The van der Waals surface area contributed by atoms with Crippen LogP contribution in [0.1, 0.15) is 11.1 Å². The van der Waals surface area contributed by atoms with Crippen molar-refractivity contribution in [2.45, 2.75) is 13.2 Å². The topological polar surface area (TPSA) is 93.9 Å². The van der Waals surface area contributed by atoms with E-state index >= 15 is 0 Å². The second-order valence-electron chi connectivity index (χ2n) is 4.06. The van der Waals surface area contributed by atoms with Crippen molar-refractivity contribution >= 4 is 11.8 Å². The summed E-state index contributed by atoms with van der Waals surface area (Å²) in [5.41, 5.74) is 6.00. The predicted molar refractivity (Wildman–Crippen MR) is 67.6 cm³/mol. The first-order valence-electron chi connectivity index (χ1n) is 5.71. The number of esters is 1. The lowest BCUT2D eigenvalue weighted by Gasteiger charge is -2.05. The van der Waals surface area contributed by atoms with Gasteiger partial charge in [-0.25, -0.2) is 4.39 Å². The van der Waals surface area contributed by atoms with Gasteiger partial charge in [-0.1, -0.05) is 0 Å². The Morgan fingerprint density at radius 2 is 2.30 bits per heavy atom. The Balaban J connectivity index is 1.93. The Morgan fingerprint density at radius 3 is 2.95 bits per heavy atom. The number of nitrogens with zero attached hydrogens (tertiary/aromatic N) is 3. The Kier molecular flexibility index (Phi) is 3.96. The van der Waals surface area contributed by atoms with E-state index in [2.05, 4.69) is 5.10 Å². The highest BCUT2D eigenvalue weighted by Crippen LogP contribution is 2.10. The van der Waals surface area contributed by atoms with Gasteiger partial charge in [0, 0.05) is 6.20 Å². The molecule has 0 spiro atoms. The molecular formula is C13H11FN4O2. The molecule has 102 valence electrons. The molecule has 0 saturated carbocycles. The van der Waals surface area contributed by atoms with Crippen molar-refractivity contribution in [3.63, 3.8) is 0 Å². The maximum absolute atomic E-state index is 13.2. The van der Waals surface area contributed by atoms with Crippen LogP contribution in [0.5, 0.6) is 0 Å². The number of halogens is 1. The number of anilines is 1. The Bertz CT molecular complexity index is 675. The van der Waals surface area contributed by atoms with Gasteiger partial charge >= 0.3 is 5.97 Å². The van der Waals surface area contributed by atoms with E-state index in [9.17, 15) is 9.18 Å². The number of carbonyl (C=O) groups excluding carboxylic acids is 1. The number of nitrogen functional groups attached to an aromatic ring is 1. The van der Waals surface area contributed by atoms with Crippen molar-refractivity contribution in [2.75, 3.05) is 5.73 Å². The van der Waals surface area contributed by atoms with Gasteiger partial charge in [0.15, 0.2) is 0 Å². The summed E-state index contributed by atoms with van der Waals surface area (Å²) in [4.78, 5) is 11.6. The summed E-state index contributed by atoms with van der Waals surface area (Å²) in [6, 6.07) is 7.16. The molecule has 0 saturated heterocycles. The average molecular weight is 274 g/mol. The van der Waals surface area contributed by atoms with Crippen LogP contribution in [-0.4, -0.2) is 15.7 Å². The number of ether oxygens (including phenoxy) is 1. The third-order valence-electron chi connectivity index (χ3n) is 2.44. The Morgan fingerprint density at radius 1 is 1.50 bits per heavy atom. The summed E-state index contributed by atoms with van der Waals surface area (Å²) < 4.78 is 19.5. The molecule has 7 heteroatoms. The maximum atomic E-state index is 13.2.